The third kappa shape index (κ3) is 5.69. The third-order valence-electron chi connectivity index (χ3n) is 8.21. The first-order valence-corrected chi connectivity index (χ1v) is 13.4. The second kappa shape index (κ2) is 10.7. The van der Waals surface area contributed by atoms with Gasteiger partial charge in [-0.15, -0.1) is 0 Å². The summed E-state index contributed by atoms with van der Waals surface area (Å²) in [6.45, 7) is 9.27. The summed E-state index contributed by atoms with van der Waals surface area (Å²) >= 11 is 5.91. The number of rotatable bonds is 8. The minimum atomic E-state index is 0.585. The van der Waals surface area contributed by atoms with E-state index in [9.17, 15) is 0 Å². The molecule has 3 fully saturated rings. The fourth-order valence-electron chi connectivity index (χ4n) is 6.12. The van der Waals surface area contributed by atoms with Gasteiger partial charge in [0.15, 0.2) is 5.11 Å². The van der Waals surface area contributed by atoms with Crippen LogP contribution in [0.1, 0.15) is 90.9 Å². The SMILES string of the molecule is CC1CCC(CN2C(=S)N(CCCC[C@H]3CCN=C(C4CCCC4)N3)C[C@H]2C)CC1. The summed E-state index contributed by atoms with van der Waals surface area (Å²) in [6.07, 6.45) is 16.1. The lowest BCUT2D eigenvalue weighted by Gasteiger charge is -2.32. The van der Waals surface area contributed by atoms with Crippen molar-refractivity contribution in [1.29, 1.82) is 0 Å². The lowest BCUT2D eigenvalue weighted by Crippen LogP contribution is -2.42. The first-order chi connectivity index (χ1) is 14.6. The van der Waals surface area contributed by atoms with Crippen molar-refractivity contribution in [3.63, 3.8) is 0 Å². The van der Waals surface area contributed by atoms with Crippen molar-refractivity contribution in [3.05, 3.63) is 0 Å². The van der Waals surface area contributed by atoms with Crippen LogP contribution in [-0.4, -0.2) is 59.0 Å². The Morgan fingerprint density at radius 3 is 2.53 bits per heavy atom. The van der Waals surface area contributed by atoms with Crippen molar-refractivity contribution < 1.29 is 0 Å². The molecule has 2 atom stereocenters. The van der Waals surface area contributed by atoms with Crippen LogP contribution in [-0.2, 0) is 0 Å². The maximum atomic E-state index is 5.91. The van der Waals surface area contributed by atoms with E-state index >= 15 is 0 Å². The van der Waals surface area contributed by atoms with Crippen molar-refractivity contribution in [3.8, 4) is 0 Å². The monoisotopic (exact) mass is 432 g/mol. The molecular weight excluding hydrogens is 388 g/mol. The molecule has 0 radical (unpaired) electrons. The van der Waals surface area contributed by atoms with Crippen LogP contribution in [0.3, 0.4) is 0 Å². The Morgan fingerprint density at radius 2 is 1.77 bits per heavy atom. The van der Waals surface area contributed by atoms with E-state index in [0.29, 0.717) is 12.1 Å². The number of amidine groups is 1. The van der Waals surface area contributed by atoms with E-state index in [1.165, 1.54) is 89.4 Å². The van der Waals surface area contributed by atoms with Crippen molar-refractivity contribution >= 4 is 23.2 Å². The minimum Gasteiger partial charge on any atom is -0.371 e. The Bertz CT molecular complexity index is 592. The molecule has 0 amide bonds. The molecule has 0 bridgehead atoms. The van der Waals surface area contributed by atoms with Gasteiger partial charge in [-0.1, -0.05) is 32.6 Å². The summed E-state index contributed by atoms with van der Waals surface area (Å²) in [6, 6.07) is 1.23. The first kappa shape index (κ1) is 22.4. The van der Waals surface area contributed by atoms with Crippen LogP contribution in [0.15, 0.2) is 4.99 Å². The number of aliphatic imine (C=N–C) groups is 1. The van der Waals surface area contributed by atoms with Crippen molar-refractivity contribution in [2.45, 2.75) is 103 Å². The molecule has 0 spiro atoms. The summed E-state index contributed by atoms with van der Waals surface area (Å²) in [5.41, 5.74) is 0. The van der Waals surface area contributed by atoms with Crippen LogP contribution in [0, 0.1) is 17.8 Å². The Hall–Kier alpha value is -0.840. The second-order valence-electron chi connectivity index (χ2n) is 10.7. The van der Waals surface area contributed by atoms with Gasteiger partial charge in [-0.2, -0.15) is 0 Å². The van der Waals surface area contributed by atoms with E-state index in [2.05, 4.69) is 29.0 Å². The molecule has 1 N–H and O–H groups in total. The van der Waals surface area contributed by atoms with Gasteiger partial charge in [-0.3, -0.25) is 4.99 Å². The van der Waals surface area contributed by atoms with E-state index in [1.54, 1.807) is 0 Å². The summed E-state index contributed by atoms with van der Waals surface area (Å²) in [7, 11) is 0. The van der Waals surface area contributed by atoms with Crippen molar-refractivity contribution in [2.75, 3.05) is 26.2 Å². The fourth-order valence-corrected chi connectivity index (χ4v) is 6.54. The molecule has 0 unspecified atom stereocenters. The Balaban J connectivity index is 1.15. The highest BCUT2D eigenvalue weighted by Crippen LogP contribution is 2.31. The maximum absolute atomic E-state index is 5.91. The fraction of sp³-hybridized carbons (Fsp3) is 0.920. The number of nitrogens with one attached hydrogen (secondary N) is 1. The molecule has 2 heterocycles. The zero-order valence-electron chi connectivity index (χ0n) is 19.5. The van der Waals surface area contributed by atoms with E-state index in [1.807, 2.05) is 0 Å². The predicted octanol–water partition coefficient (Wildman–Crippen LogP) is 5.22. The summed E-state index contributed by atoms with van der Waals surface area (Å²) in [5.74, 6) is 3.86. The molecule has 0 aromatic heterocycles. The Labute approximate surface area is 190 Å². The average molecular weight is 433 g/mol. The lowest BCUT2D eigenvalue weighted by molar-refractivity contribution is 0.227. The van der Waals surface area contributed by atoms with Gasteiger partial charge in [-0.25, -0.2) is 0 Å². The molecule has 2 aliphatic carbocycles. The Kier molecular flexibility index (Phi) is 7.94. The van der Waals surface area contributed by atoms with Gasteiger partial charge in [0.05, 0.1) is 5.84 Å². The van der Waals surface area contributed by atoms with Gasteiger partial charge in [0.2, 0.25) is 0 Å². The second-order valence-corrected chi connectivity index (χ2v) is 11.1. The van der Waals surface area contributed by atoms with Crippen LogP contribution < -0.4 is 5.32 Å². The highest BCUT2D eigenvalue weighted by molar-refractivity contribution is 7.80. The number of nitrogens with zero attached hydrogens (tertiary/aromatic N) is 3. The third-order valence-corrected chi connectivity index (χ3v) is 8.70. The molecule has 4 rings (SSSR count). The van der Waals surface area contributed by atoms with Gasteiger partial charge >= 0.3 is 0 Å². The van der Waals surface area contributed by atoms with Crippen LogP contribution in [0.4, 0.5) is 0 Å². The van der Waals surface area contributed by atoms with E-state index in [4.69, 9.17) is 17.2 Å². The first-order valence-electron chi connectivity index (χ1n) is 13.0. The van der Waals surface area contributed by atoms with Crippen LogP contribution in [0.25, 0.3) is 0 Å². The van der Waals surface area contributed by atoms with Crippen LogP contribution in [0.2, 0.25) is 0 Å². The lowest BCUT2D eigenvalue weighted by atomic mass is 9.83. The standard InChI is InChI=1S/C25H44N4S/c1-19-10-12-21(13-11-19)18-29-20(2)17-28(25(29)30)16-6-5-9-23-14-15-26-24(27-23)22-7-3-4-8-22/h19-23H,3-18H2,1-2H3,(H,26,27)/t19?,20-,21?,23+/m1/s1. The maximum Gasteiger partial charge on any atom is 0.171 e. The molecule has 2 aliphatic heterocycles. The van der Waals surface area contributed by atoms with Crippen molar-refractivity contribution in [2.24, 2.45) is 22.7 Å². The normalized spacial score (nSPS) is 33.1. The number of hydrogen-bond donors (Lipinski definition) is 1. The molecule has 1 saturated heterocycles. The van der Waals surface area contributed by atoms with Gasteiger partial charge < -0.3 is 15.1 Å². The summed E-state index contributed by atoms with van der Waals surface area (Å²) in [4.78, 5) is 9.84. The number of thiocarbonyl (C=S) groups is 1. The predicted molar refractivity (Wildman–Crippen MR) is 131 cm³/mol. The molecule has 0 aromatic carbocycles. The molecule has 170 valence electrons. The highest BCUT2D eigenvalue weighted by atomic mass is 32.1. The molecule has 4 aliphatic rings. The number of unbranched alkanes of at least 4 members (excludes halogenated alkanes) is 1. The quantitative estimate of drug-likeness (QED) is 0.420. The topological polar surface area (TPSA) is 30.9 Å². The average Bonchev–Trinajstić information content (AvgIpc) is 3.38. The molecule has 5 heteroatoms. The highest BCUT2D eigenvalue weighted by Gasteiger charge is 2.33. The molecule has 2 saturated carbocycles. The van der Waals surface area contributed by atoms with Crippen LogP contribution >= 0.6 is 12.2 Å². The zero-order chi connectivity index (χ0) is 20.9. The minimum absolute atomic E-state index is 0.585. The van der Waals surface area contributed by atoms with Gasteiger partial charge in [-0.05, 0) is 82.3 Å². The smallest absolute Gasteiger partial charge is 0.171 e. The van der Waals surface area contributed by atoms with E-state index in [0.717, 1.165) is 42.5 Å². The molecule has 30 heavy (non-hydrogen) atoms. The summed E-state index contributed by atoms with van der Waals surface area (Å²) < 4.78 is 0. The molecule has 0 aromatic rings. The van der Waals surface area contributed by atoms with Crippen molar-refractivity contribution in [1.82, 2.24) is 15.1 Å². The van der Waals surface area contributed by atoms with Gasteiger partial charge in [0, 0.05) is 44.2 Å². The van der Waals surface area contributed by atoms with Gasteiger partial charge in [0.1, 0.15) is 0 Å². The van der Waals surface area contributed by atoms with E-state index in [-0.39, 0.29) is 0 Å². The number of hydrogen-bond acceptors (Lipinski definition) is 3. The Morgan fingerprint density at radius 1 is 1.00 bits per heavy atom. The van der Waals surface area contributed by atoms with Crippen LogP contribution in [0.5, 0.6) is 0 Å². The zero-order valence-corrected chi connectivity index (χ0v) is 20.3. The molecule has 4 nitrogen and oxygen atoms in total. The molecular formula is C25H44N4S. The summed E-state index contributed by atoms with van der Waals surface area (Å²) in [5, 5.41) is 4.93. The van der Waals surface area contributed by atoms with E-state index < -0.39 is 0 Å². The largest absolute Gasteiger partial charge is 0.371 e. The van der Waals surface area contributed by atoms with Gasteiger partial charge in [0.25, 0.3) is 0 Å².